The van der Waals surface area contributed by atoms with E-state index in [0.29, 0.717) is 6.42 Å². The number of hydrogen-bond acceptors (Lipinski definition) is 3. The van der Waals surface area contributed by atoms with Gasteiger partial charge in [0.15, 0.2) is 0 Å². The summed E-state index contributed by atoms with van der Waals surface area (Å²) in [5.74, 6) is 0.0737. The van der Waals surface area contributed by atoms with E-state index in [0.717, 1.165) is 48.0 Å². The lowest BCUT2D eigenvalue weighted by atomic mass is 10.0. The Hall–Kier alpha value is -1.52. The van der Waals surface area contributed by atoms with Crippen LogP contribution in [0.2, 0.25) is 0 Å². The van der Waals surface area contributed by atoms with E-state index >= 15 is 0 Å². The lowest BCUT2D eigenvalue weighted by Gasteiger charge is -2.23. The number of aryl methyl sites for hydroxylation is 2. The van der Waals surface area contributed by atoms with Crippen molar-refractivity contribution in [1.82, 2.24) is 10.6 Å². The molecule has 0 spiro atoms. The Morgan fingerprint density at radius 1 is 1.41 bits per heavy atom. The van der Waals surface area contributed by atoms with Gasteiger partial charge in [0.2, 0.25) is 5.91 Å². The molecule has 1 fully saturated rings. The van der Waals surface area contributed by atoms with Crippen LogP contribution in [-0.2, 0) is 11.2 Å². The number of halogens is 1. The zero-order valence-corrected chi connectivity index (χ0v) is 13.9. The molecule has 1 aliphatic rings. The van der Waals surface area contributed by atoms with Gasteiger partial charge in [0.25, 0.3) is 0 Å². The topological polar surface area (TPSA) is 54.3 Å². The molecule has 0 aliphatic carbocycles. The second-order valence-electron chi connectivity index (χ2n) is 5.93. The summed E-state index contributed by atoms with van der Waals surface area (Å²) in [5, 5.41) is 7.46. The van der Waals surface area contributed by atoms with Crippen molar-refractivity contribution in [1.29, 1.82) is 0 Å². The van der Waals surface area contributed by atoms with Crippen LogP contribution in [0, 0.1) is 13.8 Å². The van der Waals surface area contributed by atoms with Gasteiger partial charge in [0, 0.05) is 23.5 Å². The Morgan fingerprint density at radius 3 is 2.95 bits per heavy atom. The van der Waals surface area contributed by atoms with E-state index in [1.165, 1.54) is 5.56 Å². The van der Waals surface area contributed by atoms with Crippen LogP contribution in [0.4, 0.5) is 0 Å². The minimum absolute atomic E-state index is 0. The Bertz CT molecular complexity index is 660. The molecule has 5 heteroatoms. The van der Waals surface area contributed by atoms with Crippen molar-refractivity contribution in [3.63, 3.8) is 0 Å². The van der Waals surface area contributed by atoms with Crippen molar-refractivity contribution in [2.45, 2.75) is 39.2 Å². The normalized spacial score (nSPS) is 18.0. The fourth-order valence-electron chi connectivity index (χ4n) is 2.95. The van der Waals surface area contributed by atoms with Crippen molar-refractivity contribution in [3.05, 3.63) is 35.1 Å². The molecule has 1 atom stereocenters. The quantitative estimate of drug-likeness (QED) is 0.913. The van der Waals surface area contributed by atoms with E-state index in [2.05, 4.69) is 30.5 Å². The Morgan fingerprint density at radius 2 is 2.23 bits per heavy atom. The van der Waals surface area contributed by atoms with Gasteiger partial charge in [-0.2, -0.15) is 0 Å². The highest BCUT2D eigenvalue weighted by atomic mass is 35.5. The smallest absolute Gasteiger partial charge is 0.224 e. The van der Waals surface area contributed by atoms with Crippen LogP contribution in [0.3, 0.4) is 0 Å². The summed E-state index contributed by atoms with van der Waals surface area (Å²) in [4.78, 5) is 12.2. The second kappa shape index (κ2) is 7.16. The first-order valence-electron chi connectivity index (χ1n) is 7.61. The van der Waals surface area contributed by atoms with Crippen molar-refractivity contribution < 1.29 is 9.21 Å². The zero-order valence-electron chi connectivity index (χ0n) is 13.1. The van der Waals surface area contributed by atoms with Crippen molar-refractivity contribution >= 4 is 29.3 Å². The Kier molecular flexibility index (Phi) is 5.48. The molecule has 2 aromatic rings. The predicted molar refractivity (Wildman–Crippen MR) is 90.7 cm³/mol. The van der Waals surface area contributed by atoms with Crippen molar-refractivity contribution in [2.75, 3.05) is 13.1 Å². The van der Waals surface area contributed by atoms with Gasteiger partial charge >= 0.3 is 0 Å². The van der Waals surface area contributed by atoms with Gasteiger partial charge in [0.1, 0.15) is 5.58 Å². The number of furan rings is 1. The summed E-state index contributed by atoms with van der Waals surface area (Å²) < 4.78 is 5.66. The monoisotopic (exact) mass is 322 g/mol. The van der Waals surface area contributed by atoms with Crippen LogP contribution < -0.4 is 10.6 Å². The van der Waals surface area contributed by atoms with Gasteiger partial charge < -0.3 is 15.1 Å². The van der Waals surface area contributed by atoms with E-state index in [-0.39, 0.29) is 24.4 Å². The lowest BCUT2D eigenvalue weighted by molar-refractivity contribution is -0.121. The number of benzene rings is 1. The minimum atomic E-state index is 0. The number of carbonyl (C=O) groups excluding carboxylic acids is 1. The van der Waals surface area contributed by atoms with Gasteiger partial charge in [-0.05, 0) is 44.4 Å². The highest BCUT2D eigenvalue weighted by molar-refractivity contribution is 5.89. The number of amides is 1. The van der Waals surface area contributed by atoms with Gasteiger partial charge in [0.05, 0.1) is 12.7 Å². The number of hydrogen-bond donors (Lipinski definition) is 2. The van der Waals surface area contributed by atoms with Gasteiger partial charge in [-0.1, -0.05) is 12.1 Å². The molecule has 1 saturated heterocycles. The van der Waals surface area contributed by atoms with Crippen LogP contribution in [0.15, 0.2) is 22.8 Å². The lowest BCUT2D eigenvalue weighted by Crippen LogP contribution is -2.46. The molecular formula is C17H23ClN2O2. The molecule has 22 heavy (non-hydrogen) atoms. The predicted octanol–water partition coefficient (Wildman–Crippen LogP) is 2.88. The number of fused-ring (bicyclic) bond motifs is 1. The SMILES string of the molecule is Cc1ccc2c(CC(=O)N[C@H]3CCCNC3)coc2c1C.Cl. The van der Waals surface area contributed by atoms with E-state index in [1.807, 2.05) is 6.07 Å². The van der Waals surface area contributed by atoms with Crippen LogP contribution in [-0.4, -0.2) is 25.0 Å². The summed E-state index contributed by atoms with van der Waals surface area (Å²) >= 11 is 0. The van der Waals surface area contributed by atoms with Crippen molar-refractivity contribution in [2.24, 2.45) is 0 Å². The molecule has 3 rings (SSSR count). The number of nitrogens with one attached hydrogen (secondary N) is 2. The summed E-state index contributed by atoms with van der Waals surface area (Å²) in [6, 6.07) is 4.39. The van der Waals surface area contributed by atoms with Crippen LogP contribution in [0.5, 0.6) is 0 Å². The summed E-state index contributed by atoms with van der Waals surface area (Å²) in [6.45, 7) is 6.05. The molecule has 0 radical (unpaired) electrons. The van der Waals surface area contributed by atoms with Gasteiger partial charge in [-0.25, -0.2) is 0 Å². The molecule has 120 valence electrons. The van der Waals surface area contributed by atoms with Crippen LogP contribution in [0.25, 0.3) is 11.0 Å². The van der Waals surface area contributed by atoms with Gasteiger partial charge in [-0.15, -0.1) is 12.4 Å². The summed E-state index contributed by atoms with van der Waals surface area (Å²) in [6.07, 6.45) is 4.28. The minimum Gasteiger partial charge on any atom is -0.464 e. The highest BCUT2D eigenvalue weighted by Gasteiger charge is 2.17. The maximum Gasteiger partial charge on any atom is 0.224 e. The molecule has 4 nitrogen and oxygen atoms in total. The van der Waals surface area contributed by atoms with E-state index < -0.39 is 0 Å². The fraction of sp³-hybridized carbons (Fsp3) is 0.471. The van der Waals surface area contributed by atoms with E-state index in [9.17, 15) is 4.79 Å². The third-order valence-electron chi connectivity index (χ3n) is 4.35. The Labute approximate surface area is 137 Å². The summed E-state index contributed by atoms with van der Waals surface area (Å²) in [5.41, 5.74) is 4.23. The standard InChI is InChI=1S/C17H22N2O2.ClH/c1-11-5-6-15-13(10-21-17(15)12(11)2)8-16(20)19-14-4-3-7-18-9-14;/h5-6,10,14,18H,3-4,7-9H2,1-2H3,(H,19,20);1H/t14-;/m0./s1. The third-order valence-corrected chi connectivity index (χ3v) is 4.35. The average Bonchev–Trinajstić information content (AvgIpc) is 2.87. The number of rotatable bonds is 3. The molecule has 0 unspecified atom stereocenters. The summed E-state index contributed by atoms with van der Waals surface area (Å²) in [7, 11) is 0. The molecule has 0 saturated carbocycles. The second-order valence-corrected chi connectivity index (χ2v) is 5.93. The molecule has 1 aromatic carbocycles. The van der Waals surface area contributed by atoms with E-state index in [4.69, 9.17) is 4.42 Å². The molecule has 2 N–H and O–H groups in total. The molecule has 1 aliphatic heterocycles. The molecule has 1 aromatic heterocycles. The molecular weight excluding hydrogens is 300 g/mol. The maximum absolute atomic E-state index is 12.2. The number of piperidine rings is 1. The fourth-order valence-corrected chi connectivity index (χ4v) is 2.95. The number of carbonyl (C=O) groups is 1. The Balaban J connectivity index is 0.00000176. The first kappa shape index (κ1) is 16.8. The van der Waals surface area contributed by atoms with Gasteiger partial charge in [-0.3, -0.25) is 4.79 Å². The van der Waals surface area contributed by atoms with Crippen molar-refractivity contribution in [3.8, 4) is 0 Å². The maximum atomic E-state index is 12.2. The molecule has 0 bridgehead atoms. The largest absolute Gasteiger partial charge is 0.464 e. The van der Waals surface area contributed by atoms with E-state index in [1.54, 1.807) is 6.26 Å². The zero-order chi connectivity index (χ0) is 14.8. The van der Waals surface area contributed by atoms with Crippen LogP contribution in [0.1, 0.15) is 29.5 Å². The molecule has 2 heterocycles. The third kappa shape index (κ3) is 3.45. The molecule has 1 amide bonds. The first-order chi connectivity index (χ1) is 10.1. The van der Waals surface area contributed by atoms with Crippen LogP contribution >= 0.6 is 12.4 Å². The average molecular weight is 323 g/mol. The highest BCUT2D eigenvalue weighted by Crippen LogP contribution is 2.26. The first-order valence-corrected chi connectivity index (χ1v) is 7.61.